The first-order valence-corrected chi connectivity index (χ1v) is 6.20. The van der Waals surface area contributed by atoms with Crippen molar-refractivity contribution in [3.8, 4) is 0 Å². The minimum absolute atomic E-state index is 0.0247. The maximum Gasteiger partial charge on any atom is 0.337 e. The zero-order valence-corrected chi connectivity index (χ0v) is 11.4. The molecule has 0 spiro atoms. The van der Waals surface area contributed by atoms with Gasteiger partial charge in [0.15, 0.2) is 5.82 Å². The Hall–Kier alpha value is -2.28. The van der Waals surface area contributed by atoms with Crippen molar-refractivity contribution in [2.24, 2.45) is 0 Å². The van der Waals surface area contributed by atoms with E-state index >= 15 is 0 Å². The van der Waals surface area contributed by atoms with Crippen LogP contribution in [0.2, 0.25) is 5.02 Å². The van der Waals surface area contributed by atoms with E-state index in [1.165, 1.54) is 12.1 Å². The Labute approximate surface area is 119 Å². The Balaban J connectivity index is 2.10. The molecule has 0 fully saturated rings. The number of aromatic nitrogens is 2. The van der Waals surface area contributed by atoms with Gasteiger partial charge in [0.2, 0.25) is 5.89 Å². The fourth-order valence-electron chi connectivity index (χ4n) is 1.71. The van der Waals surface area contributed by atoms with Gasteiger partial charge in [-0.05, 0) is 19.1 Å². The highest BCUT2D eigenvalue weighted by Gasteiger charge is 2.14. The molecule has 2 rings (SSSR count). The van der Waals surface area contributed by atoms with Gasteiger partial charge in [-0.2, -0.15) is 4.98 Å². The van der Waals surface area contributed by atoms with Crippen LogP contribution in [-0.4, -0.2) is 27.8 Å². The van der Waals surface area contributed by atoms with Crippen LogP contribution in [0.4, 0.5) is 11.4 Å². The molecule has 8 heteroatoms. The van der Waals surface area contributed by atoms with Crippen molar-refractivity contribution in [1.29, 1.82) is 0 Å². The summed E-state index contributed by atoms with van der Waals surface area (Å²) >= 11 is 6.01. The van der Waals surface area contributed by atoms with Crippen LogP contribution >= 0.6 is 11.6 Å². The second-order valence-corrected chi connectivity index (χ2v) is 4.55. The number of carboxylic acids is 1. The molecule has 20 heavy (non-hydrogen) atoms. The number of aryl methyl sites for hydroxylation is 1. The summed E-state index contributed by atoms with van der Waals surface area (Å²) in [7, 11) is 0. The number of nitrogen functional groups attached to an aromatic ring is 1. The molecule has 0 saturated heterocycles. The highest BCUT2D eigenvalue weighted by Crippen LogP contribution is 2.29. The predicted octanol–water partition coefficient (Wildman–Crippen LogP) is 1.97. The van der Waals surface area contributed by atoms with Crippen LogP contribution in [0.3, 0.4) is 0 Å². The summed E-state index contributed by atoms with van der Waals surface area (Å²) in [5.74, 6) is -0.0782. The van der Waals surface area contributed by atoms with E-state index in [1.54, 1.807) is 6.92 Å². The van der Waals surface area contributed by atoms with Crippen LogP contribution in [-0.2, 0) is 6.42 Å². The summed E-state index contributed by atoms with van der Waals surface area (Å²) in [5.41, 5.74) is 6.22. The zero-order valence-electron chi connectivity index (χ0n) is 10.7. The first-order valence-electron chi connectivity index (χ1n) is 5.82. The van der Waals surface area contributed by atoms with E-state index < -0.39 is 5.97 Å². The van der Waals surface area contributed by atoms with Gasteiger partial charge in [0.25, 0.3) is 0 Å². The van der Waals surface area contributed by atoms with Crippen LogP contribution < -0.4 is 11.1 Å². The number of carboxylic acid groups (broad SMARTS) is 1. The number of nitrogens with one attached hydrogen (secondary N) is 1. The molecule has 0 amide bonds. The molecular formula is C12H13ClN4O3. The topological polar surface area (TPSA) is 114 Å². The molecule has 1 heterocycles. The van der Waals surface area contributed by atoms with Gasteiger partial charge >= 0.3 is 5.97 Å². The number of halogens is 1. The molecular weight excluding hydrogens is 284 g/mol. The highest BCUT2D eigenvalue weighted by atomic mass is 35.5. The van der Waals surface area contributed by atoms with Crippen molar-refractivity contribution >= 4 is 28.9 Å². The number of hydrogen-bond donors (Lipinski definition) is 3. The normalized spacial score (nSPS) is 10.5. The average Bonchev–Trinajstić information content (AvgIpc) is 2.77. The number of rotatable bonds is 5. The van der Waals surface area contributed by atoms with E-state index in [0.29, 0.717) is 36.1 Å². The largest absolute Gasteiger partial charge is 0.478 e. The van der Waals surface area contributed by atoms with Crippen LogP contribution in [0.5, 0.6) is 0 Å². The Bertz CT molecular complexity index is 642. The summed E-state index contributed by atoms with van der Waals surface area (Å²) in [5, 5.41) is 16.0. The molecule has 0 bridgehead atoms. The fraction of sp³-hybridized carbons (Fsp3) is 0.250. The molecule has 0 saturated carbocycles. The molecule has 1 aromatic carbocycles. The molecule has 7 nitrogen and oxygen atoms in total. The van der Waals surface area contributed by atoms with Gasteiger partial charge in [-0.3, -0.25) is 0 Å². The Morgan fingerprint density at radius 3 is 2.90 bits per heavy atom. The standard InChI is InChI=1S/C12H13ClN4O3/c1-6-16-10(20-17-6)2-3-15-11-8(12(18)19)4-7(14)5-9(11)13/h4-5,15H,2-3,14H2,1H3,(H,18,19). The molecule has 4 N–H and O–H groups in total. The highest BCUT2D eigenvalue weighted by molar-refractivity contribution is 6.34. The van der Waals surface area contributed by atoms with E-state index in [9.17, 15) is 4.79 Å². The lowest BCUT2D eigenvalue weighted by molar-refractivity contribution is 0.0698. The predicted molar refractivity (Wildman–Crippen MR) is 74.1 cm³/mol. The SMILES string of the molecule is Cc1noc(CCNc2c(Cl)cc(N)cc2C(=O)O)n1. The van der Waals surface area contributed by atoms with Crippen LogP contribution in [0.15, 0.2) is 16.7 Å². The molecule has 0 atom stereocenters. The van der Waals surface area contributed by atoms with Gasteiger partial charge in [-0.1, -0.05) is 16.8 Å². The van der Waals surface area contributed by atoms with Crippen molar-refractivity contribution in [3.05, 3.63) is 34.4 Å². The molecule has 106 valence electrons. The molecule has 0 aliphatic heterocycles. The lowest BCUT2D eigenvalue weighted by Gasteiger charge is -2.11. The summed E-state index contributed by atoms with van der Waals surface area (Å²) in [4.78, 5) is 15.2. The quantitative estimate of drug-likeness (QED) is 0.722. The summed E-state index contributed by atoms with van der Waals surface area (Å²) in [6.07, 6.45) is 0.459. The molecule has 0 unspecified atom stereocenters. The second-order valence-electron chi connectivity index (χ2n) is 4.14. The minimum Gasteiger partial charge on any atom is -0.478 e. The van der Waals surface area contributed by atoms with E-state index in [1.807, 2.05) is 0 Å². The number of hydrogen-bond acceptors (Lipinski definition) is 6. The van der Waals surface area contributed by atoms with E-state index in [0.717, 1.165) is 0 Å². The minimum atomic E-state index is -1.10. The second kappa shape index (κ2) is 5.79. The van der Waals surface area contributed by atoms with Gasteiger partial charge in [0.1, 0.15) is 0 Å². The van der Waals surface area contributed by atoms with Crippen molar-refractivity contribution < 1.29 is 14.4 Å². The van der Waals surface area contributed by atoms with Crippen molar-refractivity contribution in [3.63, 3.8) is 0 Å². The first kappa shape index (κ1) is 14.1. The lowest BCUT2D eigenvalue weighted by Crippen LogP contribution is -2.11. The maximum atomic E-state index is 11.2. The molecule has 0 aliphatic carbocycles. The third kappa shape index (κ3) is 3.18. The first-order chi connectivity index (χ1) is 9.47. The maximum absolute atomic E-state index is 11.2. The fourth-order valence-corrected chi connectivity index (χ4v) is 2.01. The molecule has 0 aliphatic rings. The number of anilines is 2. The summed E-state index contributed by atoms with van der Waals surface area (Å²) in [6.45, 7) is 2.13. The van der Waals surface area contributed by atoms with Gasteiger partial charge in [-0.15, -0.1) is 0 Å². The third-order valence-electron chi connectivity index (χ3n) is 2.55. The van der Waals surface area contributed by atoms with Crippen molar-refractivity contribution in [1.82, 2.24) is 10.1 Å². The van der Waals surface area contributed by atoms with Crippen LogP contribution in [0.1, 0.15) is 22.1 Å². The van der Waals surface area contributed by atoms with Gasteiger partial charge in [0, 0.05) is 18.7 Å². The smallest absolute Gasteiger partial charge is 0.337 e. The number of nitrogens with zero attached hydrogens (tertiary/aromatic N) is 2. The number of carbonyl (C=O) groups is 1. The van der Waals surface area contributed by atoms with Crippen LogP contribution in [0, 0.1) is 6.92 Å². The molecule has 0 radical (unpaired) electrons. The lowest BCUT2D eigenvalue weighted by atomic mass is 10.1. The zero-order chi connectivity index (χ0) is 14.7. The van der Waals surface area contributed by atoms with Crippen LogP contribution in [0.25, 0.3) is 0 Å². The van der Waals surface area contributed by atoms with E-state index in [4.69, 9.17) is 27.0 Å². The number of benzene rings is 1. The molecule has 2 aromatic rings. The average molecular weight is 297 g/mol. The van der Waals surface area contributed by atoms with Gasteiger partial charge in [-0.25, -0.2) is 4.79 Å². The number of nitrogens with two attached hydrogens (primary N) is 1. The monoisotopic (exact) mass is 296 g/mol. The van der Waals surface area contributed by atoms with Gasteiger partial charge < -0.3 is 20.7 Å². The summed E-state index contributed by atoms with van der Waals surface area (Å²) in [6, 6.07) is 2.85. The number of aromatic carboxylic acids is 1. The Kier molecular flexibility index (Phi) is 4.09. The Morgan fingerprint density at radius 1 is 1.55 bits per heavy atom. The van der Waals surface area contributed by atoms with Gasteiger partial charge in [0.05, 0.1) is 16.3 Å². The Morgan fingerprint density at radius 2 is 2.30 bits per heavy atom. The van der Waals surface area contributed by atoms with E-state index in [2.05, 4.69) is 15.5 Å². The third-order valence-corrected chi connectivity index (χ3v) is 2.85. The van der Waals surface area contributed by atoms with E-state index in [-0.39, 0.29) is 10.6 Å². The van der Waals surface area contributed by atoms with Crippen molar-refractivity contribution in [2.75, 3.05) is 17.6 Å². The molecule has 1 aromatic heterocycles. The summed E-state index contributed by atoms with van der Waals surface area (Å²) < 4.78 is 4.96. The van der Waals surface area contributed by atoms with Crippen molar-refractivity contribution in [2.45, 2.75) is 13.3 Å².